The SMILES string of the molecule is CCCCc1nc(=O)c(C(=O)N2CC[C@@H](c3ccccc3)C2)c(O)n1C1CCc2ccccc21. The zero-order valence-electron chi connectivity index (χ0n) is 19.6. The number of amides is 1. The molecule has 1 N–H and O–H groups in total. The van der Waals surface area contributed by atoms with Gasteiger partial charge in [-0.2, -0.15) is 4.98 Å². The number of benzene rings is 2. The molecule has 2 aromatic carbocycles. The normalized spacial score (nSPS) is 19.4. The van der Waals surface area contributed by atoms with Crippen LogP contribution in [-0.4, -0.2) is 38.6 Å². The van der Waals surface area contributed by atoms with E-state index in [-0.39, 0.29) is 23.4 Å². The van der Waals surface area contributed by atoms with Gasteiger partial charge in [0.15, 0.2) is 5.56 Å². The molecule has 1 amide bonds. The predicted octanol–water partition coefficient (Wildman–Crippen LogP) is 4.46. The second-order valence-corrected chi connectivity index (χ2v) is 9.41. The highest BCUT2D eigenvalue weighted by atomic mass is 16.3. The highest BCUT2D eigenvalue weighted by Crippen LogP contribution is 2.38. The number of carbonyl (C=O) groups excluding carboxylic acids is 1. The molecule has 2 heterocycles. The number of unbranched alkanes of at least 4 members (excludes halogenated alkanes) is 1. The molecule has 1 fully saturated rings. The lowest BCUT2D eigenvalue weighted by atomic mass is 9.99. The summed E-state index contributed by atoms with van der Waals surface area (Å²) in [5, 5.41) is 11.4. The number of carbonyl (C=O) groups is 1. The van der Waals surface area contributed by atoms with Gasteiger partial charge < -0.3 is 10.0 Å². The lowest BCUT2D eigenvalue weighted by molar-refractivity contribution is 0.0783. The predicted molar refractivity (Wildman–Crippen MR) is 131 cm³/mol. The third kappa shape index (κ3) is 4.02. The first kappa shape index (κ1) is 22.4. The van der Waals surface area contributed by atoms with Crippen molar-refractivity contribution < 1.29 is 9.90 Å². The minimum Gasteiger partial charge on any atom is -0.494 e. The highest BCUT2D eigenvalue weighted by Gasteiger charge is 2.35. The molecule has 0 spiro atoms. The first-order valence-corrected chi connectivity index (χ1v) is 12.3. The van der Waals surface area contributed by atoms with Gasteiger partial charge in [-0.05, 0) is 42.4 Å². The maximum atomic E-state index is 13.5. The summed E-state index contributed by atoms with van der Waals surface area (Å²) in [6, 6.07) is 18.2. The fourth-order valence-corrected chi connectivity index (χ4v) is 5.49. The zero-order valence-corrected chi connectivity index (χ0v) is 19.6. The Morgan fingerprint density at radius 1 is 1.09 bits per heavy atom. The number of aromatic hydroxyl groups is 1. The van der Waals surface area contributed by atoms with Gasteiger partial charge in [0, 0.05) is 25.4 Å². The maximum Gasteiger partial charge on any atom is 0.289 e. The van der Waals surface area contributed by atoms with E-state index in [1.165, 1.54) is 11.1 Å². The second kappa shape index (κ2) is 9.45. The average molecular weight is 458 g/mol. The van der Waals surface area contributed by atoms with Crippen LogP contribution >= 0.6 is 0 Å². The van der Waals surface area contributed by atoms with E-state index in [4.69, 9.17) is 0 Å². The molecule has 1 aliphatic carbocycles. The average Bonchev–Trinajstić information content (AvgIpc) is 3.51. The Bertz CT molecular complexity index is 1250. The molecule has 6 heteroatoms. The standard InChI is InChI=1S/C28H31N3O3/c1-2-3-13-24-29-26(32)25(27(33)30-17-16-21(18-30)19-9-5-4-6-10-19)28(34)31(24)23-15-14-20-11-7-8-12-22(20)23/h4-12,21,23,34H,2-3,13-18H2,1H3/t21-,23?/m1/s1. The Morgan fingerprint density at radius 3 is 2.65 bits per heavy atom. The van der Waals surface area contributed by atoms with Crippen LogP contribution in [0.3, 0.4) is 0 Å². The van der Waals surface area contributed by atoms with Crippen LogP contribution in [-0.2, 0) is 12.8 Å². The third-order valence-electron chi connectivity index (χ3n) is 7.30. The lowest BCUT2D eigenvalue weighted by Crippen LogP contribution is -2.35. The van der Waals surface area contributed by atoms with Crippen LogP contribution in [0.4, 0.5) is 0 Å². The summed E-state index contributed by atoms with van der Waals surface area (Å²) in [4.78, 5) is 32.6. The number of aryl methyl sites for hydroxylation is 2. The van der Waals surface area contributed by atoms with E-state index >= 15 is 0 Å². The van der Waals surface area contributed by atoms with Crippen molar-refractivity contribution in [2.24, 2.45) is 0 Å². The summed E-state index contributed by atoms with van der Waals surface area (Å²) in [7, 11) is 0. The van der Waals surface area contributed by atoms with Gasteiger partial charge in [0.1, 0.15) is 5.82 Å². The number of hydrogen-bond acceptors (Lipinski definition) is 4. The molecule has 0 saturated carbocycles. The molecule has 2 atom stereocenters. The Labute approximate surface area is 199 Å². The molecule has 1 aromatic heterocycles. The van der Waals surface area contributed by atoms with Gasteiger partial charge in [0.2, 0.25) is 5.88 Å². The molecule has 0 bridgehead atoms. The Kier molecular flexibility index (Phi) is 6.22. The van der Waals surface area contributed by atoms with Crippen molar-refractivity contribution in [3.63, 3.8) is 0 Å². The summed E-state index contributed by atoms with van der Waals surface area (Å²) >= 11 is 0. The third-order valence-corrected chi connectivity index (χ3v) is 7.30. The van der Waals surface area contributed by atoms with Crippen LogP contribution in [0, 0.1) is 0 Å². The van der Waals surface area contributed by atoms with E-state index < -0.39 is 11.5 Å². The molecule has 2 aliphatic rings. The van der Waals surface area contributed by atoms with Gasteiger partial charge in [0.05, 0.1) is 6.04 Å². The molecule has 176 valence electrons. The van der Waals surface area contributed by atoms with E-state index in [0.29, 0.717) is 25.3 Å². The fraction of sp³-hybridized carbons (Fsp3) is 0.393. The summed E-state index contributed by atoms with van der Waals surface area (Å²) in [5.74, 6) is 0.135. The van der Waals surface area contributed by atoms with Crippen LogP contribution in [0.1, 0.15) is 77.4 Å². The Balaban J connectivity index is 1.52. The van der Waals surface area contributed by atoms with E-state index in [1.54, 1.807) is 9.47 Å². The smallest absolute Gasteiger partial charge is 0.289 e. The minimum absolute atomic E-state index is 0.127. The molecule has 6 nitrogen and oxygen atoms in total. The topological polar surface area (TPSA) is 75.4 Å². The largest absolute Gasteiger partial charge is 0.494 e. The van der Waals surface area contributed by atoms with Crippen LogP contribution in [0.25, 0.3) is 0 Å². The number of likely N-dealkylation sites (tertiary alicyclic amines) is 1. The first-order chi connectivity index (χ1) is 16.6. The van der Waals surface area contributed by atoms with Gasteiger partial charge in [-0.15, -0.1) is 0 Å². The molecule has 1 aliphatic heterocycles. The fourth-order valence-electron chi connectivity index (χ4n) is 5.49. The molecule has 3 aromatic rings. The van der Waals surface area contributed by atoms with Crippen molar-refractivity contribution in [1.29, 1.82) is 0 Å². The number of fused-ring (bicyclic) bond motifs is 1. The van der Waals surface area contributed by atoms with E-state index in [2.05, 4.69) is 36.2 Å². The Morgan fingerprint density at radius 2 is 1.85 bits per heavy atom. The zero-order chi connectivity index (χ0) is 23.7. The molecular formula is C28H31N3O3. The van der Waals surface area contributed by atoms with Crippen LogP contribution in [0.5, 0.6) is 5.88 Å². The number of hydrogen-bond donors (Lipinski definition) is 1. The van der Waals surface area contributed by atoms with Crippen LogP contribution < -0.4 is 5.56 Å². The molecule has 34 heavy (non-hydrogen) atoms. The van der Waals surface area contributed by atoms with E-state index in [1.807, 2.05) is 30.3 Å². The number of aromatic nitrogens is 2. The molecule has 1 unspecified atom stereocenters. The van der Waals surface area contributed by atoms with Crippen LogP contribution in [0.2, 0.25) is 0 Å². The van der Waals surface area contributed by atoms with Gasteiger partial charge in [-0.3, -0.25) is 14.2 Å². The highest BCUT2D eigenvalue weighted by molar-refractivity contribution is 5.96. The van der Waals surface area contributed by atoms with Crippen molar-refractivity contribution in [3.05, 3.63) is 93.0 Å². The molecular weight excluding hydrogens is 426 g/mol. The van der Waals surface area contributed by atoms with Crippen molar-refractivity contribution >= 4 is 5.91 Å². The summed E-state index contributed by atoms with van der Waals surface area (Å²) in [6.45, 7) is 3.17. The summed E-state index contributed by atoms with van der Waals surface area (Å²) in [6.07, 6.45) is 4.94. The van der Waals surface area contributed by atoms with E-state index in [9.17, 15) is 14.7 Å². The lowest BCUT2D eigenvalue weighted by Gasteiger charge is -2.24. The number of rotatable bonds is 6. The first-order valence-electron chi connectivity index (χ1n) is 12.3. The minimum atomic E-state index is -0.626. The quantitative estimate of drug-likeness (QED) is 0.593. The summed E-state index contributed by atoms with van der Waals surface area (Å²) < 4.78 is 1.76. The van der Waals surface area contributed by atoms with Gasteiger partial charge in [0.25, 0.3) is 11.5 Å². The van der Waals surface area contributed by atoms with Crippen molar-refractivity contribution in [3.8, 4) is 5.88 Å². The summed E-state index contributed by atoms with van der Waals surface area (Å²) in [5.41, 5.74) is 2.74. The number of nitrogens with zero attached hydrogens (tertiary/aromatic N) is 3. The van der Waals surface area contributed by atoms with Crippen molar-refractivity contribution in [2.75, 3.05) is 13.1 Å². The molecule has 1 saturated heterocycles. The molecule has 0 radical (unpaired) electrons. The van der Waals surface area contributed by atoms with Gasteiger partial charge in [-0.1, -0.05) is 67.9 Å². The monoisotopic (exact) mass is 457 g/mol. The van der Waals surface area contributed by atoms with Crippen LogP contribution in [0.15, 0.2) is 59.4 Å². The van der Waals surface area contributed by atoms with Gasteiger partial charge in [-0.25, -0.2) is 0 Å². The maximum absolute atomic E-state index is 13.5. The Hall–Kier alpha value is -3.41. The van der Waals surface area contributed by atoms with Gasteiger partial charge >= 0.3 is 0 Å². The second-order valence-electron chi connectivity index (χ2n) is 9.41. The van der Waals surface area contributed by atoms with E-state index in [0.717, 1.165) is 37.7 Å². The van der Waals surface area contributed by atoms with Crippen molar-refractivity contribution in [1.82, 2.24) is 14.5 Å². The molecule has 5 rings (SSSR count). The van der Waals surface area contributed by atoms with Crippen molar-refractivity contribution in [2.45, 2.75) is 57.4 Å².